The molecule has 3 nitrogen and oxygen atoms in total. The van der Waals surface area contributed by atoms with Crippen LogP contribution in [0.4, 0.5) is 0 Å². The molecule has 0 bridgehead atoms. The number of aromatic nitrogens is 1. The Morgan fingerprint density at radius 2 is 2.04 bits per heavy atom. The molecule has 1 aromatic carbocycles. The van der Waals surface area contributed by atoms with Crippen LogP contribution in [-0.2, 0) is 0 Å². The van der Waals surface area contributed by atoms with Gasteiger partial charge in [0.05, 0.1) is 28.5 Å². The van der Waals surface area contributed by atoms with Crippen molar-refractivity contribution in [2.75, 3.05) is 6.54 Å². The van der Waals surface area contributed by atoms with Gasteiger partial charge in [-0.15, -0.1) is 29.3 Å². The van der Waals surface area contributed by atoms with E-state index in [-0.39, 0.29) is 0 Å². The Morgan fingerprint density at radius 1 is 1.17 bits per heavy atom. The molecule has 0 saturated heterocycles. The highest BCUT2D eigenvalue weighted by atomic mass is 35.5. The number of thiazole rings is 1. The van der Waals surface area contributed by atoms with Crippen LogP contribution in [0.3, 0.4) is 0 Å². The van der Waals surface area contributed by atoms with Crippen LogP contribution in [0, 0.1) is 0 Å². The third-order valence-corrected chi connectivity index (χ3v) is 5.50. The van der Waals surface area contributed by atoms with E-state index < -0.39 is 0 Å². The average molecular weight is 394 g/mol. The van der Waals surface area contributed by atoms with Crippen LogP contribution in [0.15, 0.2) is 63.8 Å². The summed E-state index contributed by atoms with van der Waals surface area (Å²) in [5, 5.41) is 9.66. The van der Waals surface area contributed by atoms with Gasteiger partial charge in [0, 0.05) is 15.8 Å². The highest BCUT2D eigenvalue weighted by molar-refractivity contribution is 7.11. The second-order valence-electron chi connectivity index (χ2n) is 4.73. The van der Waals surface area contributed by atoms with E-state index in [2.05, 4.69) is 16.7 Å². The highest BCUT2D eigenvalue weighted by Gasteiger charge is 2.09. The number of benzene rings is 1. The molecule has 2 aromatic heterocycles. The molecule has 0 N–H and O–H groups in total. The molecule has 0 spiro atoms. The Morgan fingerprint density at radius 3 is 2.75 bits per heavy atom. The van der Waals surface area contributed by atoms with E-state index in [1.165, 1.54) is 11.3 Å². The van der Waals surface area contributed by atoms with Gasteiger partial charge in [-0.2, -0.15) is 5.10 Å². The van der Waals surface area contributed by atoms with Gasteiger partial charge in [-0.05, 0) is 23.6 Å². The Balaban J connectivity index is 2.10. The molecule has 0 aliphatic carbocycles. The van der Waals surface area contributed by atoms with E-state index in [0.717, 1.165) is 20.9 Å². The van der Waals surface area contributed by atoms with E-state index in [1.807, 2.05) is 45.9 Å². The second-order valence-corrected chi connectivity index (χ2v) is 7.36. The van der Waals surface area contributed by atoms with Crippen molar-refractivity contribution in [3.8, 4) is 11.3 Å². The summed E-state index contributed by atoms with van der Waals surface area (Å²) in [5.41, 5.74) is 1.85. The average Bonchev–Trinajstić information content (AvgIpc) is 3.23. The summed E-state index contributed by atoms with van der Waals surface area (Å²) in [6.07, 6.45) is 3.58. The van der Waals surface area contributed by atoms with E-state index in [1.54, 1.807) is 23.5 Å². The van der Waals surface area contributed by atoms with Crippen molar-refractivity contribution < 1.29 is 0 Å². The molecular weight excluding hydrogens is 381 g/mol. The van der Waals surface area contributed by atoms with Gasteiger partial charge in [-0.1, -0.05) is 41.4 Å². The molecular formula is C17H13Cl2N3S2. The SMILES string of the molecule is C=CCN=c1scc(-c2ccc(Cl)c(Cl)c2)n1N=Cc1cccs1. The summed E-state index contributed by atoms with van der Waals surface area (Å²) in [7, 11) is 0. The summed E-state index contributed by atoms with van der Waals surface area (Å²) in [4.78, 5) is 6.37. The lowest BCUT2D eigenvalue weighted by molar-refractivity contribution is 0.841. The van der Waals surface area contributed by atoms with Gasteiger partial charge in [0.25, 0.3) is 0 Å². The fraction of sp³-hybridized carbons (Fsp3) is 0.0588. The first kappa shape index (κ1) is 17.2. The summed E-state index contributed by atoms with van der Waals surface area (Å²) in [6, 6.07) is 9.55. The predicted octanol–water partition coefficient (Wildman–Crippen LogP) is 5.55. The minimum absolute atomic E-state index is 0.513. The number of thiophene rings is 1. The first-order valence-corrected chi connectivity index (χ1v) is 9.56. The van der Waals surface area contributed by atoms with Gasteiger partial charge < -0.3 is 0 Å². The number of hydrogen-bond acceptors (Lipinski definition) is 4. The molecule has 0 radical (unpaired) electrons. The first-order valence-electron chi connectivity index (χ1n) is 7.04. The molecule has 3 rings (SSSR count). The molecule has 0 aliphatic rings. The monoisotopic (exact) mass is 393 g/mol. The molecule has 0 atom stereocenters. The van der Waals surface area contributed by atoms with Crippen LogP contribution in [-0.4, -0.2) is 17.4 Å². The van der Waals surface area contributed by atoms with E-state index >= 15 is 0 Å². The Labute approximate surface area is 157 Å². The van der Waals surface area contributed by atoms with Crippen LogP contribution < -0.4 is 4.80 Å². The van der Waals surface area contributed by atoms with Gasteiger partial charge in [0.15, 0.2) is 0 Å². The minimum Gasteiger partial charge on any atom is -0.253 e. The van der Waals surface area contributed by atoms with Crippen LogP contribution in [0.1, 0.15) is 4.88 Å². The molecule has 0 saturated carbocycles. The Bertz CT molecular complexity index is 937. The summed E-state index contributed by atoms with van der Waals surface area (Å²) in [5.74, 6) is 0. The van der Waals surface area contributed by atoms with Crippen LogP contribution in [0.25, 0.3) is 11.3 Å². The number of halogens is 2. The molecule has 24 heavy (non-hydrogen) atoms. The fourth-order valence-electron chi connectivity index (χ4n) is 2.00. The molecule has 0 unspecified atom stereocenters. The van der Waals surface area contributed by atoms with Crippen LogP contribution in [0.2, 0.25) is 10.0 Å². The highest BCUT2D eigenvalue weighted by Crippen LogP contribution is 2.28. The van der Waals surface area contributed by atoms with Crippen LogP contribution in [0.5, 0.6) is 0 Å². The maximum absolute atomic E-state index is 6.15. The third kappa shape index (κ3) is 3.87. The zero-order valence-electron chi connectivity index (χ0n) is 12.5. The number of rotatable bonds is 5. The topological polar surface area (TPSA) is 29.6 Å². The van der Waals surface area contributed by atoms with E-state index in [9.17, 15) is 0 Å². The van der Waals surface area contributed by atoms with Crippen molar-refractivity contribution in [2.24, 2.45) is 10.1 Å². The maximum Gasteiger partial charge on any atom is 0.206 e. The molecule has 0 fully saturated rings. The smallest absolute Gasteiger partial charge is 0.206 e. The predicted molar refractivity (Wildman–Crippen MR) is 106 cm³/mol. The number of hydrogen-bond donors (Lipinski definition) is 0. The largest absolute Gasteiger partial charge is 0.253 e. The minimum atomic E-state index is 0.513. The lowest BCUT2D eigenvalue weighted by atomic mass is 10.2. The zero-order chi connectivity index (χ0) is 16.9. The van der Waals surface area contributed by atoms with Crippen molar-refractivity contribution in [3.05, 3.63) is 73.5 Å². The fourth-order valence-corrected chi connectivity index (χ4v) is 3.72. The maximum atomic E-state index is 6.15. The number of nitrogens with zero attached hydrogens (tertiary/aromatic N) is 3. The van der Waals surface area contributed by atoms with Gasteiger partial charge in [0.2, 0.25) is 4.80 Å². The molecule has 2 heterocycles. The van der Waals surface area contributed by atoms with E-state index in [0.29, 0.717) is 16.6 Å². The van der Waals surface area contributed by atoms with Gasteiger partial charge >= 0.3 is 0 Å². The quantitative estimate of drug-likeness (QED) is 0.401. The normalized spacial score (nSPS) is 12.2. The molecule has 122 valence electrons. The van der Waals surface area contributed by atoms with Gasteiger partial charge in [0.1, 0.15) is 0 Å². The van der Waals surface area contributed by atoms with Crippen molar-refractivity contribution >= 4 is 52.1 Å². The lowest BCUT2D eigenvalue weighted by Gasteiger charge is -2.04. The van der Waals surface area contributed by atoms with Crippen LogP contribution >= 0.6 is 45.9 Å². The molecule has 0 aliphatic heterocycles. The molecule has 7 heteroatoms. The van der Waals surface area contributed by atoms with Crippen molar-refractivity contribution in [2.45, 2.75) is 0 Å². The summed E-state index contributed by atoms with van der Waals surface area (Å²) >= 11 is 15.3. The summed E-state index contributed by atoms with van der Waals surface area (Å²) < 4.78 is 1.81. The third-order valence-electron chi connectivity index (χ3n) is 3.10. The Kier molecular flexibility index (Phi) is 5.68. The van der Waals surface area contributed by atoms with Crippen molar-refractivity contribution in [3.63, 3.8) is 0 Å². The first-order chi connectivity index (χ1) is 11.7. The van der Waals surface area contributed by atoms with E-state index in [4.69, 9.17) is 23.2 Å². The summed E-state index contributed by atoms with van der Waals surface area (Å²) in [6.45, 7) is 4.25. The molecule has 0 amide bonds. The lowest BCUT2D eigenvalue weighted by Crippen LogP contribution is -2.12. The van der Waals surface area contributed by atoms with Crippen molar-refractivity contribution in [1.29, 1.82) is 0 Å². The Hall–Kier alpha value is -1.66. The van der Waals surface area contributed by atoms with Gasteiger partial charge in [-0.3, -0.25) is 4.99 Å². The van der Waals surface area contributed by atoms with Gasteiger partial charge in [-0.25, -0.2) is 4.68 Å². The standard InChI is InChI=1S/C17H13Cl2N3S2/c1-2-7-20-17-22(21-10-13-4-3-8-23-13)16(11-24-17)12-5-6-14(18)15(19)9-12/h2-6,8-11H,1,7H2. The van der Waals surface area contributed by atoms with Crippen molar-refractivity contribution in [1.82, 2.24) is 4.68 Å². The second kappa shape index (κ2) is 7.94. The zero-order valence-corrected chi connectivity index (χ0v) is 15.7. The molecule has 3 aromatic rings.